The van der Waals surface area contributed by atoms with Gasteiger partial charge >= 0.3 is 0 Å². The number of phenolic OH excluding ortho intramolecular Hbond substituents is 1. The summed E-state index contributed by atoms with van der Waals surface area (Å²) < 4.78 is 5.55. The lowest BCUT2D eigenvalue weighted by Crippen LogP contribution is -2.26. The standard InChI is InChI=1S/C14H13N3O4/c1-21-13-8-10(2-3-12(13)18)9-15-16-14(19)11-4-6-17(20)7-5-11/h2-9,18H,1H3,(H,16,19)/b15-9-. The van der Waals surface area contributed by atoms with Gasteiger partial charge in [-0.1, -0.05) is 0 Å². The van der Waals surface area contributed by atoms with Crippen LogP contribution in [0.3, 0.4) is 0 Å². The number of hydrogen-bond donors (Lipinski definition) is 2. The maximum absolute atomic E-state index is 11.7. The molecule has 2 rings (SSSR count). The van der Waals surface area contributed by atoms with Crippen molar-refractivity contribution in [1.82, 2.24) is 5.43 Å². The van der Waals surface area contributed by atoms with Gasteiger partial charge in [0, 0.05) is 12.1 Å². The van der Waals surface area contributed by atoms with E-state index in [1.54, 1.807) is 12.1 Å². The van der Waals surface area contributed by atoms with Crippen molar-refractivity contribution < 1.29 is 19.4 Å². The van der Waals surface area contributed by atoms with Gasteiger partial charge in [0.1, 0.15) is 0 Å². The van der Waals surface area contributed by atoms with E-state index in [1.165, 1.54) is 43.9 Å². The molecule has 1 heterocycles. The number of aromatic nitrogens is 1. The third-order valence-corrected chi connectivity index (χ3v) is 2.65. The van der Waals surface area contributed by atoms with Crippen molar-refractivity contribution in [2.24, 2.45) is 5.10 Å². The van der Waals surface area contributed by atoms with Crippen molar-refractivity contribution in [1.29, 1.82) is 0 Å². The van der Waals surface area contributed by atoms with Crippen molar-refractivity contribution in [2.75, 3.05) is 7.11 Å². The van der Waals surface area contributed by atoms with E-state index >= 15 is 0 Å². The zero-order valence-electron chi connectivity index (χ0n) is 11.2. The van der Waals surface area contributed by atoms with Gasteiger partial charge in [-0.25, -0.2) is 5.43 Å². The first-order valence-corrected chi connectivity index (χ1v) is 5.99. The molecule has 1 aromatic carbocycles. The van der Waals surface area contributed by atoms with Crippen LogP contribution in [0.5, 0.6) is 11.5 Å². The Morgan fingerprint density at radius 3 is 2.76 bits per heavy atom. The summed E-state index contributed by atoms with van der Waals surface area (Å²) in [6, 6.07) is 7.44. The van der Waals surface area contributed by atoms with Gasteiger partial charge in [0.25, 0.3) is 5.91 Å². The molecule has 0 saturated carbocycles. The number of amides is 1. The van der Waals surface area contributed by atoms with Crippen LogP contribution in [0.4, 0.5) is 0 Å². The van der Waals surface area contributed by atoms with E-state index in [1.807, 2.05) is 0 Å². The maximum atomic E-state index is 11.7. The van der Waals surface area contributed by atoms with E-state index in [-0.39, 0.29) is 5.75 Å². The van der Waals surface area contributed by atoms with E-state index in [9.17, 15) is 15.1 Å². The number of rotatable bonds is 4. The van der Waals surface area contributed by atoms with Gasteiger partial charge in [-0.3, -0.25) is 4.79 Å². The average molecular weight is 287 g/mol. The van der Waals surface area contributed by atoms with Crippen LogP contribution in [-0.2, 0) is 0 Å². The molecule has 0 unspecified atom stereocenters. The smallest absolute Gasteiger partial charge is 0.271 e. The number of benzene rings is 1. The lowest BCUT2D eigenvalue weighted by atomic mass is 10.2. The van der Waals surface area contributed by atoms with Crippen LogP contribution in [0.15, 0.2) is 47.8 Å². The van der Waals surface area contributed by atoms with Crippen LogP contribution in [0.2, 0.25) is 0 Å². The van der Waals surface area contributed by atoms with E-state index in [0.29, 0.717) is 21.6 Å². The van der Waals surface area contributed by atoms with E-state index in [2.05, 4.69) is 10.5 Å². The Balaban J connectivity index is 2.02. The fourth-order valence-electron chi connectivity index (χ4n) is 1.57. The zero-order valence-corrected chi connectivity index (χ0v) is 11.2. The molecule has 0 fully saturated rings. The molecule has 1 amide bonds. The minimum Gasteiger partial charge on any atom is -0.619 e. The topological polar surface area (TPSA) is 97.9 Å². The monoisotopic (exact) mass is 287 g/mol. The van der Waals surface area contributed by atoms with Crippen molar-refractivity contribution in [2.45, 2.75) is 0 Å². The molecule has 0 aliphatic rings. The maximum Gasteiger partial charge on any atom is 0.271 e. The molecule has 0 aliphatic carbocycles. The first kappa shape index (κ1) is 14.3. The van der Waals surface area contributed by atoms with Gasteiger partial charge in [-0.2, -0.15) is 9.83 Å². The molecule has 21 heavy (non-hydrogen) atoms. The first-order chi connectivity index (χ1) is 10.1. The third-order valence-electron chi connectivity index (χ3n) is 2.65. The predicted octanol–water partition coefficient (Wildman–Crippen LogP) is 0.798. The van der Waals surface area contributed by atoms with Gasteiger partial charge in [0.2, 0.25) is 0 Å². The third kappa shape index (κ3) is 3.69. The molecule has 0 saturated heterocycles. The normalized spacial score (nSPS) is 10.5. The molecular weight excluding hydrogens is 274 g/mol. The number of aromatic hydroxyl groups is 1. The van der Waals surface area contributed by atoms with Crippen LogP contribution in [-0.4, -0.2) is 24.3 Å². The number of nitrogens with zero attached hydrogens (tertiary/aromatic N) is 2. The Kier molecular flexibility index (Phi) is 4.35. The number of phenols is 1. The Bertz CT molecular complexity index is 668. The minimum atomic E-state index is -0.433. The van der Waals surface area contributed by atoms with Gasteiger partial charge in [0.05, 0.1) is 18.9 Å². The summed E-state index contributed by atoms with van der Waals surface area (Å²) in [7, 11) is 1.44. The van der Waals surface area contributed by atoms with Crippen LogP contribution in [0.1, 0.15) is 15.9 Å². The number of carbonyl (C=O) groups is 1. The highest BCUT2D eigenvalue weighted by atomic mass is 16.5. The Morgan fingerprint density at radius 2 is 2.10 bits per heavy atom. The highest BCUT2D eigenvalue weighted by Crippen LogP contribution is 2.25. The van der Waals surface area contributed by atoms with Crippen molar-refractivity contribution in [3.05, 3.63) is 59.1 Å². The quantitative estimate of drug-likeness (QED) is 0.376. The molecule has 2 N–H and O–H groups in total. The van der Waals surface area contributed by atoms with Crippen LogP contribution >= 0.6 is 0 Å². The summed E-state index contributed by atoms with van der Waals surface area (Å²) in [6.07, 6.45) is 3.86. The molecule has 0 atom stereocenters. The highest BCUT2D eigenvalue weighted by molar-refractivity contribution is 5.94. The van der Waals surface area contributed by atoms with Gasteiger partial charge < -0.3 is 15.1 Å². The van der Waals surface area contributed by atoms with Crippen molar-refractivity contribution in [3.63, 3.8) is 0 Å². The molecule has 7 heteroatoms. The number of ether oxygens (including phenoxy) is 1. The van der Waals surface area contributed by atoms with Crippen molar-refractivity contribution >= 4 is 12.1 Å². The lowest BCUT2D eigenvalue weighted by molar-refractivity contribution is -0.605. The number of pyridine rings is 1. The molecule has 0 bridgehead atoms. The molecule has 1 aromatic heterocycles. The molecule has 0 radical (unpaired) electrons. The SMILES string of the molecule is COc1cc(/C=N\NC(=O)c2cc[n+]([O-])cc2)ccc1O. The summed E-state index contributed by atoms with van der Waals surface area (Å²) in [5.41, 5.74) is 3.31. The summed E-state index contributed by atoms with van der Waals surface area (Å²) in [5.74, 6) is -0.0974. The molecule has 7 nitrogen and oxygen atoms in total. The number of nitrogens with one attached hydrogen (secondary N) is 1. The molecule has 2 aromatic rings. The Labute approximate surface area is 120 Å². The number of carbonyl (C=O) groups excluding carboxylic acids is 1. The Hall–Kier alpha value is -3.09. The number of methoxy groups -OCH3 is 1. The summed E-state index contributed by atoms with van der Waals surface area (Å²) in [6.45, 7) is 0. The van der Waals surface area contributed by atoms with Gasteiger partial charge in [0.15, 0.2) is 23.9 Å². The lowest BCUT2D eigenvalue weighted by Gasteiger charge is -2.03. The number of hydrazone groups is 1. The van der Waals surface area contributed by atoms with Crippen LogP contribution in [0, 0.1) is 5.21 Å². The van der Waals surface area contributed by atoms with E-state index in [0.717, 1.165) is 0 Å². The fraction of sp³-hybridized carbons (Fsp3) is 0.0714. The fourth-order valence-corrected chi connectivity index (χ4v) is 1.57. The second-order valence-corrected chi connectivity index (χ2v) is 4.08. The van der Waals surface area contributed by atoms with Crippen molar-refractivity contribution in [3.8, 4) is 11.5 Å². The largest absolute Gasteiger partial charge is 0.619 e. The predicted molar refractivity (Wildman–Crippen MR) is 75.1 cm³/mol. The van der Waals surface area contributed by atoms with Crippen LogP contribution in [0.25, 0.3) is 0 Å². The zero-order chi connectivity index (χ0) is 15.2. The summed E-state index contributed by atoms with van der Waals surface area (Å²) >= 11 is 0. The minimum absolute atomic E-state index is 0.0221. The van der Waals surface area contributed by atoms with E-state index < -0.39 is 5.91 Å². The average Bonchev–Trinajstić information content (AvgIpc) is 2.49. The Morgan fingerprint density at radius 1 is 1.38 bits per heavy atom. The first-order valence-electron chi connectivity index (χ1n) is 5.99. The summed E-state index contributed by atoms with van der Waals surface area (Å²) in [5, 5.41) is 24.1. The molecule has 0 spiro atoms. The highest BCUT2D eigenvalue weighted by Gasteiger charge is 2.05. The number of hydrogen-bond acceptors (Lipinski definition) is 5. The molecule has 0 aliphatic heterocycles. The summed E-state index contributed by atoms with van der Waals surface area (Å²) in [4.78, 5) is 11.7. The van der Waals surface area contributed by atoms with Gasteiger partial charge in [-0.15, -0.1) is 0 Å². The second-order valence-electron chi connectivity index (χ2n) is 4.08. The van der Waals surface area contributed by atoms with Crippen LogP contribution < -0.4 is 14.9 Å². The molecular formula is C14H13N3O4. The van der Waals surface area contributed by atoms with Gasteiger partial charge in [-0.05, 0) is 23.8 Å². The van der Waals surface area contributed by atoms with E-state index in [4.69, 9.17) is 4.74 Å². The molecule has 108 valence electrons. The second kappa shape index (κ2) is 6.38.